The number of nitrogens with zero attached hydrogens (tertiary/aromatic N) is 1. The zero-order valence-electron chi connectivity index (χ0n) is 9.78. The SMILES string of the molecule is CC(c1ccc(Br)cc1F)N(C)CCC(=O)O. The average molecular weight is 304 g/mol. The van der Waals surface area contributed by atoms with Crippen molar-refractivity contribution in [3.63, 3.8) is 0 Å². The summed E-state index contributed by atoms with van der Waals surface area (Å²) in [6.45, 7) is 2.25. The molecule has 0 aliphatic carbocycles. The summed E-state index contributed by atoms with van der Waals surface area (Å²) in [5, 5.41) is 8.60. The van der Waals surface area contributed by atoms with Crippen molar-refractivity contribution in [1.82, 2.24) is 4.90 Å². The molecule has 0 radical (unpaired) electrons. The van der Waals surface area contributed by atoms with Gasteiger partial charge in [0.05, 0.1) is 6.42 Å². The molecule has 0 amide bonds. The van der Waals surface area contributed by atoms with E-state index >= 15 is 0 Å². The van der Waals surface area contributed by atoms with Gasteiger partial charge < -0.3 is 5.11 Å². The van der Waals surface area contributed by atoms with E-state index in [1.807, 2.05) is 11.8 Å². The Morgan fingerprint density at radius 2 is 2.24 bits per heavy atom. The number of halogens is 2. The fourth-order valence-electron chi connectivity index (χ4n) is 1.54. The Morgan fingerprint density at radius 1 is 1.59 bits per heavy atom. The van der Waals surface area contributed by atoms with E-state index in [1.54, 1.807) is 19.2 Å². The molecule has 1 unspecified atom stereocenters. The topological polar surface area (TPSA) is 40.5 Å². The minimum Gasteiger partial charge on any atom is -0.481 e. The van der Waals surface area contributed by atoms with Gasteiger partial charge in [-0.1, -0.05) is 22.0 Å². The van der Waals surface area contributed by atoms with Crippen LogP contribution in [0.15, 0.2) is 22.7 Å². The Bertz CT molecular complexity index is 411. The highest BCUT2D eigenvalue weighted by atomic mass is 79.9. The van der Waals surface area contributed by atoms with Gasteiger partial charge in [-0.25, -0.2) is 4.39 Å². The molecule has 1 aromatic carbocycles. The molecule has 94 valence electrons. The van der Waals surface area contributed by atoms with E-state index in [0.29, 0.717) is 16.6 Å². The molecule has 0 saturated heterocycles. The van der Waals surface area contributed by atoms with Gasteiger partial charge in [0.1, 0.15) is 5.82 Å². The van der Waals surface area contributed by atoms with Crippen molar-refractivity contribution >= 4 is 21.9 Å². The first-order valence-corrected chi connectivity index (χ1v) is 6.08. The molecule has 0 saturated carbocycles. The zero-order chi connectivity index (χ0) is 13.0. The van der Waals surface area contributed by atoms with Crippen molar-refractivity contribution in [2.24, 2.45) is 0 Å². The van der Waals surface area contributed by atoms with Gasteiger partial charge >= 0.3 is 5.97 Å². The molecular weight excluding hydrogens is 289 g/mol. The molecule has 1 N–H and O–H groups in total. The van der Waals surface area contributed by atoms with Crippen molar-refractivity contribution in [2.45, 2.75) is 19.4 Å². The van der Waals surface area contributed by atoms with Crippen LogP contribution in [-0.2, 0) is 4.79 Å². The number of hydrogen-bond donors (Lipinski definition) is 1. The number of aliphatic carboxylic acids is 1. The molecule has 0 spiro atoms. The predicted octanol–water partition coefficient (Wildman–Crippen LogP) is 3.06. The molecule has 0 fully saturated rings. The lowest BCUT2D eigenvalue weighted by molar-refractivity contribution is -0.137. The summed E-state index contributed by atoms with van der Waals surface area (Å²) in [5.74, 6) is -1.13. The summed E-state index contributed by atoms with van der Waals surface area (Å²) in [7, 11) is 1.79. The lowest BCUT2D eigenvalue weighted by Crippen LogP contribution is -2.25. The third-order valence-electron chi connectivity index (χ3n) is 2.75. The summed E-state index contributed by atoms with van der Waals surface area (Å²) in [6.07, 6.45) is 0.0546. The molecule has 0 bridgehead atoms. The second-order valence-corrected chi connectivity index (χ2v) is 4.88. The highest BCUT2D eigenvalue weighted by Gasteiger charge is 2.16. The minimum atomic E-state index is -0.847. The summed E-state index contributed by atoms with van der Waals surface area (Å²) in [5.41, 5.74) is 0.570. The summed E-state index contributed by atoms with van der Waals surface area (Å²) in [6, 6.07) is 4.75. The molecule has 1 atom stereocenters. The third kappa shape index (κ3) is 4.09. The maximum atomic E-state index is 13.7. The van der Waals surface area contributed by atoms with Crippen molar-refractivity contribution < 1.29 is 14.3 Å². The quantitative estimate of drug-likeness (QED) is 0.909. The van der Waals surface area contributed by atoms with E-state index in [9.17, 15) is 9.18 Å². The number of carboxylic acids is 1. The summed E-state index contributed by atoms with van der Waals surface area (Å²) >= 11 is 3.20. The highest BCUT2D eigenvalue weighted by Crippen LogP contribution is 2.24. The van der Waals surface area contributed by atoms with Crippen molar-refractivity contribution in [3.8, 4) is 0 Å². The van der Waals surface area contributed by atoms with E-state index in [4.69, 9.17) is 5.11 Å². The van der Waals surface area contributed by atoms with Crippen LogP contribution in [0.2, 0.25) is 0 Å². The van der Waals surface area contributed by atoms with Gasteiger partial charge in [-0.2, -0.15) is 0 Å². The maximum absolute atomic E-state index is 13.7. The van der Waals surface area contributed by atoms with Gasteiger partial charge in [-0.3, -0.25) is 9.69 Å². The number of rotatable bonds is 5. The first-order chi connectivity index (χ1) is 7.91. The van der Waals surface area contributed by atoms with Crippen molar-refractivity contribution in [1.29, 1.82) is 0 Å². The van der Waals surface area contributed by atoms with Gasteiger partial charge in [0, 0.05) is 22.6 Å². The molecule has 0 aliphatic rings. The first kappa shape index (κ1) is 14.1. The van der Waals surface area contributed by atoms with Crippen molar-refractivity contribution in [3.05, 3.63) is 34.1 Å². The van der Waals surface area contributed by atoms with Crippen LogP contribution in [0.3, 0.4) is 0 Å². The Labute approximate surface area is 108 Å². The van der Waals surface area contributed by atoms with Crippen LogP contribution in [-0.4, -0.2) is 29.6 Å². The molecule has 1 rings (SSSR count). The summed E-state index contributed by atoms with van der Waals surface area (Å²) < 4.78 is 14.4. The monoisotopic (exact) mass is 303 g/mol. The fourth-order valence-corrected chi connectivity index (χ4v) is 1.88. The van der Waals surface area contributed by atoms with Crippen LogP contribution in [0.25, 0.3) is 0 Å². The smallest absolute Gasteiger partial charge is 0.304 e. The van der Waals surface area contributed by atoms with E-state index in [0.717, 1.165) is 0 Å². The lowest BCUT2D eigenvalue weighted by Gasteiger charge is -2.24. The van der Waals surface area contributed by atoms with Crippen LogP contribution >= 0.6 is 15.9 Å². The molecule has 0 heterocycles. The Morgan fingerprint density at radius 3 is 2.76 bits per heavy atom. The van der Waals surface area contributed by atoms with Gasteiger partial charge in [0.25, 0.3) is 0 Å². The van der Waals surface area contributed by atoms with Crippen LogP contribution < -0.4 is 0 Å². The van der Waals surface area contributed by atoms with Crippen LogP contribution in [0.1, 0.15) is 24.9 Å². The number of carboxylic acid groups (broad SMARTS) is 1. The molecule has 0 aliphatic heterocycles. The molecule has 5 heteroatoms. The van der Waals surface area contributed by atoms with Crippen LogP contribution in [0, 0.1) is 5.82 Å². The van der Waals surface area contributed by atoms with E-state index in [-0.39, 0.29) is 18.3 Å². The maximum Gasteiger partial charge on any atom is 0.304 e. The van der Waals surface area contributed by atoms with Crippen molar-refractivity contribution in [2.75, 3.05) is 13.6 Å². The standard InChI is InChI=1S/C12H15BrFNO2/c1-8(15(2)6-5-12(16)17)10-4-3-9(13)7-11(10)14/h3-4,7-8H,5-6H2,1-2H3,(H,16,17). The second kappa shape index (κ2) is 6.12. The zero-order valence-corrected chi connectivity index (χ0v) is 11.4. The van der Waals surface area contributed by atoms with Gasteiger partial charge in [-0.15, -0.1) is 0 Å². The minimum absolute atomic E-state index is 0.0546. The second-order valence-electron chi connectivity index (χ2n) is 3.97. The highest BCUT2D eigenvalue weighted by molar-refractivity contribution is 9.10. The first-order valence-electron chi connectivity index (χ1n) is 5.28. The number of benzene rings is 1. The van der Waals surface area contributed by atoms with Crippen LogP contribution in [0.5, 0.6) is 0 Å². The fraction of sp³-hybridized carbons (Fsp3) is 0.417. The van der Waals surface area contributed by atoms with Gasteiger partial charge in [0.15, 0.2) is 0 Å². The molecule has 1 aromatic rings. The Balaban J connectivity index is 2.74. The van der Waals surface area contributed by atoms with E-state index < -0.39 is 5.97 Å². The number of carbonyl (C=O) groups is 1. The number of hydrogen-bond acceptors (Lipinski definition) is 2. The average Bonchev–Trinajstić information content (AvgIpc) is 2.25. The molecule has 3 nitrogen and oxygen atoms in total. The van der Waals surface area contributed by atoms with E-state index in [1.165, 1.54) is 6.07 Å². The van der Waals surface area contributed by atoms with Crippen LogP contribution in [0.4, 0.5) is 4.39 Å². The lowest BCUT2D eigenvalue weighted by atomic mass is 10.1. The largest absolute Gasteiger partial charge is 0.481 e. The van der Waals surface area contributed by atoms with E-state index in [2.05, 4.69) is 15.9 Å². The molecule has 0 aromatic heterocycles. The normalized spacial score (nSPS) is 12.8. The van der Waals surface area contributed by atoms with Gasteiger partial charge in [-0.05, 0) is 26.1 Å². The molecule has 17 heavy (non-hydrogen) atoms. The third-order valence-corrected chi connectivity index (χ3v) is 3.25. The Kier molecular flexibility index (Phi) is 5.08. The van der Waals surface area contributed by atoms with Gasteiger partial charge in [0.2, 0.25) is 0 Å². The predicted molar refractivity (Wildman–Crippen MR) is 67.4 cm³/mol. The molecular formula is C12H15BrFNO2. The Hall–Kier alpha value is -0.940. The summed E-state index contributed by atoms with van der Waals surface area (Å²) in [4.78, 5) is 12.3.